The van der Waals surface area contributed by atoms with Gasteiger partial charge in [0.1, 0.15) is 11.5 Å². The molecule has 1 heterocycles. The molecule has 1 atom stereocenters. The van der Waals surface area contributed by atoms with Crippen molar-refractivity contribution >= 4 is 17.7 Å². The number of amides is 3. The van der Waals surface area contributed by atoms with Gasteiger partial charge in [-0.2, -0.15) is 0 Å². The molecule has 4 N–H and O–H groups in total. The highest BCUT2D eigenvalue weighted by Crippen LogP contribution is 2.25. The van der Waals surface area contributed by atoms with Gasteiger partial charge in [-0.15, -0.1) is 0 Å². The molecule has 0 aliphatic heterocycles. The number of hydrogen-bond acceptors (Lipinski definition) is 6. The minimum absolute atomic E-state index is 0.103. The fourth-order valence-electron chi connectivity index (χ4n) is 3.07. The van der Waals surface area contributed by atoms with Crippen LogP contribution in [0.3, 0.4) is 0 Å². The van der Waals surface area contributed by atoms with Crippen molar-refractivity contribution in [3.8, 4) is 17.1 Å². The summed E-state index contributed by atoms with van der Waals surface area (Å²) in [6, 6.07) is 10.5. The lowest BCUT2D eigenvalue weighted by atomic mass is 9.96. The summed E-state index contributed by atoms with van der Waals surface area (Å²) in [5.74, 6) is -0.766. The molecule has 0 spiro atoms. The molecule has 0 saturated heterocycles. The van der Waals surface area contributed by atoms with Gasteiger partial charge in [-0.3, -0.25) is 19.6 Å². The number of rotatable bonds is 12. The molecule has 2 aromatic rings. The molecule has 9 heteroatoms. The van der Waals surface area contributed by atoms with Crippen molar-refractivity contribution in [1.29, 1.82) is 0 Å². The minimum atomic E-state index is -0.624. The first-order valence-corrected chi connectivity index (χ1v) is 10.2. The summed E-state index contributed by atoms with van der Waals surface area (Å²) in [5.41, 5.74) is 2.32. The topological polar surface area (TPSA) is 130 Å². The van der Waals surface area contributed by atoms with Crippen LogP contribution in [-0.4, -0.2) is 36.7 Å². The van der Waals surface area contributed by atoms with Crippen LogP contribution in [0.2, 0.25) is 0 Å². The van der Waals surface area contributed by atoms with Gasteiger partial charge < -0.3 is 19.8 Å². The van der Waals surface area contributed by atoms with E-state index in [1.54, 1.807) is 30.8 Å². The van der Waals surface area contributed by atoms with Crippen LogP contribution in [-0.2, 0) is 9.59 Å². The van der Waals surface area contributed by atoms with Crippen molar-refractivity contribution in [3.05, 3.63) is 42.2 Å². The number of carbonyl (C=O) groups is 3. The zero-order valence-corrected chi connectivity index (χ0v) is 17.8. The molecule has 0 unspecified atom stereocenters. The molecule has 31 heavy (non-hydrogen) atoms. The number of hydrogen-bond donors (Lipinski definition) is 4. The van der Waals surface area contributed by atoms with Gasteiger partial charge in [-0.25, -0.2) is 5.48 Å². The van der Waals surface area contributed by atoms with Crippen molar-refractivity contribution in [3.63, 3.8) is 0 Å². The van der Waals surface area contributed by atoms with Gasteiger partial charge >= 0.3 is 0 Å². The van der Waals surface area contributed by atoms with Gasteiger partial charge in [0, 0.05) is 17.9 Å². The second-order valence-corrected chi connectivity index (χ2v) is 7.05. The van der Waals surface area contributed by atoms with Crippen molar-refractivity contribution in [1.82, 2.24) is 16.1 Å². The molecule has 0 radical (unpaired) electrons. The van der Waals surface area contributed by atoms with E-state index in [9.17, 15) is 14.4 Å². The largest absolute Gasteiger partial charge is 0.497 e. The Labute approximate surface area is 181 Å². The van der Waals surface area contributed by atoms with E-state index >= 15 is 0 Å². The predicted octanol–water partition coefficient (Wildman–Crippen LogP) is 2.85. The highest BCUT2D eigenvalue weighted by molar-refractivity contribution is 5.92. The summed E-state index contributed by atoms with van der Waals surface area (Å²) in [5, 5.41) is 13.9. The fourth-order valence-corrected chi connectivity index (χ4v) is 3.07. The van der Waals surface area contributed by atoms with E-state index in [4.69, 9.17) is 14.4 Å². The fraction of sp³-hybridized carbons (Fsp3) is 0.409. The molecule has 0 bridgehead atoms. The van der Waals surface area contributed by atoms with E-state index in [0.29, 0.717) is 17.9 Å². The van der Waals surface area contributed by atoms with Gasteiger partial charge in [0.25, 0.3) is 5.91 Å². The summed E-state index contributed by atoms with van der Waals surface area (Å²) in [4.78, 5) is 36.2. The quantitative estimate of drug-likeness (QED) is 0.177. The van der Waals surface area contributed by atoms with Crippen LogP contribution in [0.25, 0.3) is 11.3 Å². The maximum Gasteiger partial charge on any atom is 0.288 e. The van der Waals surface area contributed by atoms with E-state index in [1.165, 1.54) is 0 Å². The summed E-state index contributed by atoms with van der Waals surface area (Å²) >= 11 is 0. The molecule has 0 saturated carbocycles. The second-order valence-electron chi connectivity index (χ2n) is 7.05. The third kappa shape index (κ3) is 7.45. The summed E-state index contributed by atoms with van der Waals surface area (Å²) < 4.78 is 10.8. The lowest BCUT2D eigenvalue weighted by molar-refractivity contribution is -0.135. The molecular weight excluding hydrogens is 402 g/mol. The van der Waals surface area contributed by atoms with E-state index < -0.39 is 17.7 Å². The zero-order valence-electron chi connectivity index (χ0n) is 17.8. The molecule has 1 aromatic heterocycles. The maximum atomic E-state index is 12.4. The minimum Gasteiger partial charge on any atom is -0.497 e. The van der Waals surface area contributed by atoms with Crippen LogP contribution in [0.5, 0.6) is 5.75 Å². The van der Waals surface area contributed by atoms with Crippen LogP contribution in [0, 0.1) is 5.92 Å². The number of ether oxygens (including phenoxy) is 1. The standard InChI is InChI=1S/C22H29N3O6/c1-3-4-5-7-16(13-20(26)25-29)21(27)23-14-24-22(28)19-11-10-18(31-19)15-8-6-9-17(12-15)30-2/h6,8-12,16,29H,3-5,7,13-14H2,1-2H3,(H,23,27)(H,24,28)(H,25,26)/t16-/m1/s1. The number of carbonyl (C=O) groups excluding carboxylic acids is 3. The SMILES string of the molecule is CCCCC[C@H](CC(=O)NO)C(=O)NCNC(=O)c1ccc(-c2cccc(OC)c2)o1. The molecular formula is C22H29N3O6. The number of methoxy groups -OCH3 is 1. The molecule has 0 aliphatic carbocycles. The summed E-state index contributed by atoms with van der Waals surface area (Å²) in [7, 11) is 1.57. The number of furan rings is 1. The van der Waals surface area contributed by atoms with Crippen LogP contribution in [0.1, 0.15) is 49.6 Å². The number of benzene rings is 1. The van der Waals surface area contributed by atoms with Crippen LogP contribution < -0.4 is 20.9 Å². The third-order valence-electron chi connectivity index (χ3n) is 4.78. The van der Waals surface area contributed by atoms with Crippen molar-refractivity contribution in [2.75, 3.05) is 13.8 Å². The predicted molar refractivity (Wildman–Crippen MR) is 113 cm³/mol. The Hall–Kier alpha value is -3.33. The van der Waals surface area contributed by atoms with Gasteiger partial charge in [0.05, 0.1) is 13.8 Å². The Morgan fingerprint density at radius 1 is 1.13 bits per heavy atom. The molecule has 168 valence electrons. The average Bonchev–Trinajstić information content (AvgIpc) is 3.28. The second kappa shape index (κ2) is 12.4. The van der Waals surface area contributed by atoms with Gasteiger partial charge in [-0.1, -0.05) is 38.3 Å². The van der Waals surface area contributed by atoms with Gasteiger partial charge in [0.2, 0.25) is 11.8 Å². The van der Waals surface area contributed by atoms with E-state index in [1.807, 2.05) is 25.1 Å². The molecule has 2 rings (SSSR count). The van der Waals surface area contributed by atoms with Crippen LogP contribution in [0.4, 0.5) is 0 Å². The van der Waals surface area contributed by atoms with Gasteiger partial charge in [0.15, 0.2) is 5.76 Å². The molecule has 0 fully saturated rings. The number of hydroxylamine groups is 1. The van der Waals surface area contributed by atoms with Crippen molar-refractivity contribution in [2.24, 2.45) is 5.92 Å². The van der Waals surface area contributed by atoms with Crippen molar-refractivity contribution in [2.45, 2.75) is 39.0 Å². The molecule has 0 aliphatic rings. The molecule has 1 aromatic carbocycles. The Bertz CT molecular complexity index is 880. The third-order valence-corrected chi connectivity index (χ3v) is 4.78. The zero-order chi connectivity index (χ0) is 22.6. The van der Waals surface area contributed by atoms with E-state index in [-0.39, 0.29) is 24.8 Å². The normalized spacial score (nSPS) is 11.5. The number of nitrogens with one attached hydrogen (secondary N) is 3. The molecule has 3 amide bonds. The highest BCUT2D eigenvalue weighted by atomic mass is 16.5. The summed E-state index contributed by atoms with van der Waals surface area (Å²) in [6.07, 6.45) is 3.11. The lowest BCUT2D eigenvalue weighted by Gasteiger charge is -2.16. The smallest absolute Gasteiger partial charge is 0.288 e. The first kappa shape index (κ1) is 23.9. The summed E-state index contributed by atoms with van der Waals surface area (Å²) in [6.45, 7) is 1.93. The monoisotopic (exact) mass is 431 g/mol. The van der Waals surface area contributed by atoms with E-state index in [2.05, 4.69) is 10.6 Å². The highest BCUT2D eigenvalue weighted by Gasteiger charge is 2.21. The first-order chi connectivity index (χ1) is 15.0. The average molecular weight is 431 g/mol. The van der Waals surface area contributed by atoms with Crippen LogP contribution >= 0.6 is 0 Å². The Kier molecular flexibility index (Phi) is 9.57. The lowest BCUT2D eigenvalue weighted by Crippen LogP contribution is -2.41. The Morgan fingerprint density at radius 2 is 1.94 bits per heavy atom. The molecule has 9 nitrogen and oxygen atoms in total. The number of unbranched alkanes of at least 4 members (excludes halogenated alkanes) is 2. The van der Waals surface area contributed by atoms with E-state index in [0.717, 1.165) is 24.8 Å². The maximum absolute atomic E-state index is 12.4. The first-order valence-electron chi connectivity index (χ1n) is 10.2. The Morgan fingerprint density at radius 3 is 2.65 bits per heavy atom. The van der Waals surface area contributed by atoms with Crippen molar-refractivity contribution < 1.29 is 28.7 Å². The van der Waals surface area contributed by atoms with Crippen LogP contribution in [0.15, 0.2) is 40.8 Å². The Balaban J connectivity index is 1.89. The van der Waals surface area contributed by atoms with Gasteiger partial charge in [-0.05, 0) is 30.7 Å².